The van der Waals surface area contributed by atoms with Crippen LogP contribution in [0, 0.1) is 13.8 Å². The lowest BCUT2D eigenvalue weighted by Gasteiger charge is -2.36. The summed E-state index contributed by atoms with van der Waals surface area (Å²) in [5, 5.41) is 11.3. The van der Waals surface area contributed by atoms with Crippen molar-refractivity contribution in [1.82, 2.24) is 49.3 Å². The minimum Gasteiger partial charge on any atom is -0.493 e. The molecule has 77 heavy (non-hydrogen) atoms. The SMILES string of the molecule is C=C(OCCCC)c1c(C)c2cnc(Nc3ccc(N4CCN(C(=O)OC(C)(C)C)CC4)cn3)nc2n(C2CCCC2)c1=O.CC(=O)c1c(C)c2cnc(Nc3ccc(N4CCNCC4)cn3)nc2n(C2CCCC2)c1=O. The van der Waals surface area contributed by atoms with Crippen LogP contribution in [0.4, 0.5) is 39.7 Å². The highest BCUT2D eigenvalue weighted by Crippen LogP contribution is 2.35. The molecule has 0 unspecified atom stereocenters. The summed E-state index contributed by atoms with van der Waals surface area (Å²) in [6.07, 6.45) is 16.8. The van der Waals surface area contributed by atoms with Crippen molar-refractivity contribution in [3.63, 3.8) is 0 Å². The quantitative estimate of drug-likeness (QED) is 0.0526. The monoisotopic (exact) mass is 1050 g/mol. The number of carbonyl (C=O) groups excluding carboxylic acids is 2. The van der Waals surface area contributed by atoms with Gasteiger partial charge in [-0.05, 0) is 109 Å². The van der Waals surface area contributed by atoms with Gasteiger partial charge in [0.1, 0.15) is 34.3 Å². The number of rotatable bonds is 14. The summed E-state index contributed by atoms with van der Waals surface area (Å²) in [5.41, 5.74) is 4.54. The fourth-order valence-electron chi connectivity index (χ4n) is 10.9. The average Bonchev–Trinajstić information content (AvgIpc) is 4.18. The number of hydrogen-bond donors (Lipinski definition) is 3. The molecule has 408 valence electrons. The number of Topliss-reactive ketones (excluding diaryl/α,β-unsaturated/α-hetero) is 1. The molecule has 2 saturated heterocycles. The van der Waals surface area contributed by atoms with Crippen molar-refractivity contribution in [2.45, 2.75) is 130 Å². The molecule has 0 atom stereocenters. The predicted molar refractivity (Wildman–Crippen MR) is 302 cm³/mol. The van der Waals surface area contributed by atoms with E-state index >= 15 is 0 Å². The first-order valence-electron chi connectivity index (χ1n) is 27.4. The van der Waals surface area contributed by atoms with Crippen molar-refractivity contribution in [1.29, 1.82) is 0 Å². The topological polar surface area (TPSA) is 220 Å². The van der Waals surface area contributed by atoms with Crippen molar-refractivity contribution in [2.75, 3.05) is 79.4 Å². The number of pyridine rings is 4. The Labute approximate surface area is 449 Å². The Kier molecular flexibility index (Phi) is 16.8. The summed E-state index contributed by atoms with van der Waals surface area (Å²) >= 11 is 0. The Morgan fingerprint density at radius 1 is 0.688 bits per heavy atom. The van der Waals surface area contributed by atoms with E-state index in [1.165, 1.54) is 6.92 Å². The van der Waals surface area contributed by atoms with Crippen molar-refractivity contribution < 1.29 is 19.1 Å². The fraction of sp³-hybridized carbons (Fsp3) is 0.509. The number of nitrogens with zero attached hydrogens (tertiary/aromatic N) is 11. The van der Waals surface area contributed by atoms with Gasteiger partial charge in [0.2, 0.25) is 11.9 Å². The van der Waals surface area contributed by atoms with Crippen LogP contribution in [0.1, 0.15) is 138 Å². The largest absolute Gasteiger partial charge is 0.493 e. The first-order chi connectivity index (χ1) is 37.1. The molecule has 3 N–H and O–H groups in total. The third-order valence-corrected chi connectivity index (χ3v) is 15.0. The Morgan fingerprint density at radius 3 is 1.62 bits per heavy atom. The molecule has 6 aromatic rings. The molecule has 4 aliphatic rings. The molecule has 20 nitrogen and oxygen atoms in total. The molecule has 10 rings (SSSR count). The van der Waals surface area contributed by atoms with E-state index in [0.717, 1.165) is 118 Å². The van der Waals surface area contributed by atoms with E-state index in [2.05, 4.69) is 59.2 Å². The van der Waals surface area contributed by atoms with Gasteiger partial charge in [-0.25, -0.2) is 24.7 Å². The van der Waals surface area contributed by atoms with Gasteiger partial charge in [0, 0.05) is 87.6 Å². The van der Waals surface area contributed by atoms with Crippen LogP contribution in [0.2, 0.25) is 0 Å². The molecule has 6 aromatic heterocycles. The Hall–Kier alpha value is -7.48. The first-order valence-corrected chi connectivity index (χ1v) is 27.4. The number of aromatic nitrogens is 8. The molecule has 1 amide bonds. The fourth-order valence-corrected chi connectivity index (χ4v) is 10.9. The summed E-state index contributed by atoms with van der Waals surface area (Å²) in [4.78, 5) is 85.9. The lowest BCUT2D eigenvalue weighted by Crippen LogP contribution is -2.50. The van der Waals surface area contributed by atoms with Crippen LogP contribution in [0.5, 0.6) is 0 Å². The molecule has 20 heteroatoms. The molecule has 2 saturated carbocycles. The highest BCUT2D eigenvalue weighted by Gasteiger charge is 2.29. The van der Waals surface area contributed by atoms with Gasteiger partial charge in [0.15, 0.2) is 5.78 Å². The van der Waals surface area contributed by atoms with Gasteiger partial charge >= 0.3 is 6.09 Å². The number of piperazine rings is 2. The van der Waals surface area contributed by atoms with Gasteiger partial charge in [-0.15, -0.1) is 0 Å². The number of ketones is 1. The lowest BCUT2D eigenvalue weighted by atomic mass is 10.0. The van der Waals surface area contributed by atoms with E-state index in [1.807, 2.05) is 68.9 Å². The van der Waals surface area contributed by atoms with Crippen molar-refractivity contribution in [3.05, 3.63) is 98.6 Å². The summed E-state index contributed by atoms with van der Waals surface area (Å²) in [6.45, 7) is 23.9. The molecule has 2 aliphatic carbocycles. The zero-order valence-corrected chi connectivity index (χ0v) is 45.8. The van der Waals surface area contributed by atoms with E-state index in [1.54, 1.807) is 28.8 Å². The minimum absolute atomic E-state index is 0.0536. The number of anilines is 6. The van der Waals surface area contributed by atoms with Crippen molar-refractivity contribution in [2.24, 2.45) is 0 Å². The third-order valence-electron chi connectivity index (χ3n) is 15.0. The van der Waals surface area contributed by atoms with Gasteiger partial charge in [0.05, 0.1) is 41.5 Å². The van der Waals surface area contributed by atoms with E-state index < -0.39 is 5.60 Å². The number of ether oxygens (including phenoxy) is 2. The van der Waals surface area contributed by atoms with Gasteiger partial charge in [0.25, 0.3) is 11.1 Å². The van der Waals surface area contributed by atoms with E-state index in [9.17, 15) is 19.2 Å². The van der Waals surface area contributed by atoms with E-state index in [-0.39, 0.29) is 40.6 Å². The number of aryl methyl sites for hydroxylation is 2. The summed E-state index contributed by atoms with van der Waals surface area (Å²) in [6, 6.07) is 7.97. The number of amides is 1. The van der Waals surface area contributed by atoms with Crippen LogP contribution in [-0.4, -0.2) is 120 Å². The van der Waals surface area contributed by atoms with Gasteiger partial charge < -0.3 is 40.1 Å². The Balaban J connectivity index is 0.000000195. The number of nitrogens with one attached hydrogen (secondary N) is 3. The molecule has 2 aliphatic heterocycles. The number of fused-ring (bicyclic) bond motifs is 2. The molecule has 8 heterocycles. The standard InChI is InChI=1S/C33H45N7O4.C24H29N7O2/c1-7-8-19-43-23(3)28-22(2)26-21-35-31(37-29(26)40(30(28)41)24-11-9-10-12-24)36-27-14-13-25(20-34-27)38-15-17-39(18-16-38)32(42)44-33(4,5)6;1-15-19-14-27-24(28-20-8-7-18(13-26-20)30-11-9-25-10-12-30)29-22(19)31(17-5-3-4-6-17)23(33)21(15)16(2)32/h13-14,20-21,24H,3,7-12,15-19H2,1-2,4-6H3,(H,34,35,36,37);7-8,13-14,17,25H,3-6,9-12H2,1-2H3,(H,26,27,28,29). The normalized spacial score (nSPS) is 16.4. The molecular weight excluding hydrogens is 977 g/mol. The third kappa shape index (κ3) is 12.4. The lowest BCUT2D eigenvalue weighted by molar-refractivity contribution is 0.0240. The van der Waals surface area contributed by atoms with Crippen molar-refractivity contribution >= 4 is 74.6 Å². The molecule has 0 spiro atoms. The zero-order valence-electron chi connectivity index (χ0n) is 45.8. The van der Waals surface area contributed by atoms with Crippen LogP contribution in [0.15, 0.2) is 65.2 Å². The maximum Gasteiger partial charge on any atom is 0.410 e. The van der Waals surface area contributed by atoms with Crippen LogP contribution >= 0.6 is 0 Å². The van der Waals surface area contributed by atoms with Crippen LogP contribution in [0.3, 0.4) is 0 Å². The Bertz CT molecular complexity index is 3220. The number of hydrogen-bond acceptors (Lipinski definition) is 17. The highest BCUT2D eigenvalue weighted by molar-refractivity contribution is 5.99. The van der Waals surface area contributed by atoms with Gasteiger partial charge in [-0.3, -0.25) is 23.5 Å². The maximum absolute atomic E-state index is 13.9. The van der Waals surface area contributed by atoms with Crippen LogP contribution in [-0.2, 0) is 9.47 Å². The molecule has 0 radical (unpaired) electrons. The average molecular weight is 1050 g/mol. The van der Waals surface area contributed by atoms with Gasteiger partial charge in [-0.2, -0.15) is 9.97 Å². The smallest absolute Gasteiger partial charge is 0.410 e. The second-order valence-electron chi connectivity index (χ2n) is 21.5. The maximum atomic E-state index is 13.9. The van der Waals surface area contributed by atoms with Crippen LogP contribution in [0.25, 0.3) is 27.8 Å². The second-order valence-corrected chi connectivity index (χ2v) is 21.5. The predicted octanol–water partition coefficient (Wildman–Crippen LogP) is 9.16. The summed E-state index contributed by atoms with van der Waals surface area (Å²) < 4.78 is 15.0. The Morgan fingerprint density at radius 2 is 1.17 bits per heavy atom. The van der Waals surface area contributed by atoms with Crippen molar-refractivity contribution in [3.8, 4) is 0 Å². The summed E-state index contributed by atoms with van der Waals surface area (Å²) in [5.74, 6) is 2.18. The molecule has 0 aromatic carbocycles. The molecular formula is C57H74N14O6. The van der Waals surface area contributed by atoms with Gasteiger partial charge in [-0.1, -0.05) is 45.6 Å². The number of unbranched alkanes of at least 4 members (excludes halogenated alkanes) is 1. The highest BCUT2D eigenvalue weighted by atomic mass is 16.6. The van der Waals surface area contributed by atoms with Crippen LogP contribution < -0.4 is 36.9 Å². The number of carbonyl (C=O) groups is 2. The minimum atomic E-state index is -0.510. The van der Waals surface area contributed by atoms with E-state index in [0.29, 0.717) is 84.5 Å². The van der Waals surface area contributed by atoms with E-state index in [4.69, 9.17) is 19.4 Å². The second kappa shape index (κ2) is 23.8. The molecule has 4 fully saturated rings. The zero-order chi connectivity index (χ0) is 54.4. The summed E-state index contributed by atoms with van der Waals surface area (Å²) in [7, 11) is 0. The first kappa shape index (κ1) is 54.3. The molecule has 0 bridgehead atoms.